The predicted octanol–water partition coefficient (Wildman–Crippen LogP) is 8.01. The third kappa shape index (κ3) is 5.08. The van der Waals surface area contributed by atoms with Crippen molar-refractivity contribution < 1.29 is 14.3 Å². The largest absolute Gasteiger partial charge is 0.489 e. The van der Waals surface area contributed by atoms with Gasteiger partial charge in [-0.15, -0.1) is 0 Å². The van der Waals surface area contributed by atoms with E-state index in [-0.39, 0.29) is 28.5 Å². The second-order valence-electron chi connectivity index (χ2n) is 13.0. The molecule has 3 aliphatic rings. The van der Waals surface area contributed by atoms with Gasteiger partial charge in [-0.05, 0) is 60.8 Å². The Hall–Kier alpha value is -2.85. The summed E-state index contributed by atoms with van der Waals surface area (Å²) in [6, 6.07) is 16.1. The molecule has 5 rings (SSSR count). The van der Waals surface area contributed by atoms with Gasteiger partial charge in [0, 0.05) is 47.8 Å². The van der Waals surface area contributed by atoms with Crippen molar-refractivity contribution >= 4 is 23.2 Å². The van der Waals surface area contributed by atoms with Crippen LogP contribution < -0.4 is 4.74 Å². The molecule has 0 atom stereocenters. The quantitative estimate of drug-likeness (QED) is 0.392. The smallest absolute Gasteiger partial charge is 0.162 e. The van der Waals surface area contributed by atoms with Crippen LogP contribution in [0.2, 0.25) is 5.02 Å². The van der Waals surface area contributed by atoms with Gasteiger partial charge in [-0.25, -0.2) is 0 Å². The number of Topliss-reactive ketones (excluding diaryl/α,β-unsaturated/α-hetero) is 2. The van der Waals surface area contributed by atoms with Gasteiger partial charge in [-0.3, -0.25) is 9.59 Å². The Labute approximate surface area is 231 Å². The number of hydrogen-bond acceptors (Lipinski definition) is 4. The van der Waals surface area contributed by atoms with E-state index in [2.05, 4.69) is 44.7 Å². The zero-order valence-electron chi connectivity index (χ0n) is 23.4. The first-order chi connectivity index (χ1) is 17.8. The third-order valence-electron chi connectivity index (χ3n) is 7.86. The molecule has 0 amide bonds. The molecule has 2 aromatic rings. The molecule has 2 aliphatic carbocycles. The number of carbonyl (C=O) groups is 2. The van der Waals surface area contributed by atoms with E-state index in [1.807, 2.05) is 50.2 Å². The minimum absolute atomic E-state index is 0.00694. The molecule has 0 bridgehead atoms. The molecular formula is C33H38ClNO3. The second-order valence-corrected chi connectivity index (χ2v) is 13.4. The molecule has 2 aromatic carbocycles. The minimum Gasteiger partial charge on any atom is -0.489 e. The molecule has 0 unspecified atom stereocenters. The van der Waals surface area contributed by atoms with Gasteiger partial charge in [0.15, 0.2) is 11.6 Å². The van der Waals surface area contributed by atoms with Crippen LogP contribution in [0.4, 0.5) is 0 Å². The van der Waals surface area contributed by atoms with Crippen LogP contribution >= 0.6 is 11.6 Å². The van der Waals surface area contributed by atoms with Gasteiger partial charge in [-0.1, -0.05) is 75.7 Å². The normalized spacial score (nSPS) is 21.1. The van der Waals surface area contributed by atoms with Gasteiger partial charge < -0.3 is 9.64 Å². The first kappa shape index (κ1) is 26.7. The van der Waals surface area contributed by atoms with E-state index in [0.29, 0.717) is 30.2 Å². The lowest BCUT2D eigenvalue weighted by Crippen LogP contribution is -2.44. The Kier molecular flexibility index (Phi) is 6.84. The molecule has 5 heteroatoms. The van der Waals surface area contributed by atoms with E-state index in [0.717, 1.165) is 46.5 Å². The van der Waals surface area contributed by atoms with Crippen LogP contribution in [-0.4, -0.2) is 22.6 Å². The lowest BCUT2D eigenvalue weighted by atomic mass is 9.63. The van der Waals surface area contributed by atoms with Crippen LogP contribution in [0.15, 0.2) is 71.1 Å². The van der Waals surface area contributed by atoms with Crippen LogP contribution in [0.3, 0.4) is 0 Å². The van der Waals surface area contributed by atoms with Crippen LogP contribution in [-0.2, 0) is 16.1 Å². The molecular weight excluding hydrogens is 494 g/mol. The number of allylic oxidation sites excluding steroid dienone is 4. The zero-order chi connectivity index (χ0) is 27.4. The third-order valence-corrected chi connectivity index (χ3v) is 8.15. The van der Waals surface area contributed by atoms with Crippen molar-refractivity contribution in [3.05, 3.63) is 87.2 Å². The summed E-state index contributed by atoms with van der Waals surface area (Å²) < 4.78 is 5.88. The zero-order valence-corrected chi connectivity index (χ0v) is 24.1. The fourth-order valence-electron chi connectivity index (χ4n) is 6.38. The first-order valence-electron chi connectivity index (χ1n) is 13.7. The van der Waals surface area contributed by atoms with Crippen molar-refractivity contribution in [3.63, 3.8) is 0 Å². The fourth-order valence-corrected chi connectivity index (χ4v) is 6.62. The Morgan fingerprint density at radius 2 is 1.42 bits per heavy atom. The van der Waals surface area contributed by atoms with Gasteiger partial charge in [-0.2, -0.15) is 0 Å². The molecule has 0 N–H and O–H groups in total. The highest BCUT2D eigenvalue weighted by molar-refractivity contribution is 6.32. The summed E-state index contributed by atoms with van der Waals surface area (Å²) in [7, 11) is 0. The average molecular weight is 532 g/mol. The van der Waals surface area contributed by atoms with Gasteiger partial charge in [0.25, 0.3) is 0 Å². The van der Waals surface area contributed by atoms with Crippen molar-refractivity contribution in [1.29, 1.82) is 0 Å². The van der Waals surface area contributed by atoms with E-state index in [9.17, 15) is 9.59 Å². The Morgan fingerprint density at radius 1 is 0.868 bits per heavy atom. The molecule has 0 spiro atoms. The van der Waals surface area contributed by atoms with Crippen LogP contribution in [0.1, 0.15) is 84.3 Å². The Morgan fingerprint density at radius 3 is 1.92 bits per heavy atom. The Bertz CT molecular complexity index is 1300. The van der Waals surface area contributed by atoms with Gasteiger partial charge in [0.1, 0.15) is 5.75 Å². The van der Waals surface area contributed by atoms with E-state index < -0.39 is 5.92 Å². The average Bonchev–Trinajstić information content (AvgIpc) is 2.80. The lowest BCUT2D eigenvalue weighted by Gasteiger charge is -2.49. The standard InChI is InChI=1S/C33H38ClNO3/c1-20(2)38-28-13-12-22(14-23(28)34)29-30-24(15-32(3,4)17-26(30)36)35(19-21-10-8-7-9-11-21)25-16-33(5,6)18-27(37)31(25)29/h7-14,20,29H,15-19H2,1-6H3. The molecule has 0 fully saturated rings. The fraction of sp³-hybridized carbons (Fsp3) is 0.455. The Balaban J connectivity index is 1.73. The highest BCUT2D eigenvalue weighted by Crippen LogP contribution is 2.55. The van der Waals surface area contributed by atoms with E-state index in [1.54, 1.807) is 0 Å². The summed E-state index contributed by atoms with van der Waals surface area (Å²) in [5, 5.41) is 0.499. The van der Waals surface area contributed by atoms with Crippen molar-refractivity contribution in [1.82, 2.24) is 4.90 Å². The van der Waals surface area contributed by atoms with Crippen LogP contribution in [0.5, 0.6) is 5.75 Å². The maximum atomic E-state index is 14.0. The number of carbonyl (C=O) groups excluding carboxylic acids is 2. The molecule has 4 nitrogen and oxygen atoms in total. The van der Waals surface area contributed by atoms with Crippen molar-refractivity contribution in [2.24, 2.45) is 10.8 Å². The predicted molar refractivity (Wildman–Crippen MR) is 152 cm³/mol. The summed E-state index contributed by atoms with van der Waals surface area (Å²) >= 11 is 6.70. The number of rotatable bonds is 5. The van der Waals surface area contributed by atoms with E-state index in [1.165, 1.54) is 0 Å². The van der Waals surface area contributed by atoms with Crippen LogP contribution in [0, 0.1) is 10.8 Å². The van der Waals surface area contributed by atoms with Crippen molar-refractivity contribution in [2.75, 3.05) is 0 Å². The monoisotopic (exact) mass is 531 g/mol. The number of ketones is 2. The van der Waals surface area contributed by atoms with Gasteiger partial charge in [0.2, 0.25) is 0 Å². The number of ether oxygens (including phenoxy) is 1. The molecule has 38 heavy (non-hydrogen) atoms. The number of hydrogen-bond donors (Lipinski definition) is 0. The summed E-state index contributed by atoms with van der Waals surface area (Å²) in [5.74, 6) is 0.455. The van der Waals surface area contributed by atoms with Crippen LogP contribution in [0.25, 0.3) is 0 Å². The second kappa shape index (κ2) is 9.72. The van der Waals surface area contributed by atoms with Gasteiger partial charge >= 0.3 is 0 Å². The maximum absolute atomic E-state index is 14.0. The lowest BCUT2D eigenvalue weighted by molar-refractivity contribution is -0.119. The highest BCUT2D eigenvalue weighted by Gasteiger charge is 2.49. The topological polar surface area (TPSA) is 46.6 Å². The van der Waals surface area contributed by atoms with E-state index >= 15 is 0 Å². The minimum atomic E-state index is -0.412. The summed E-state index contributed by atoms with van der Waals surface area (Å²) in [6.45, 7) is 13.2. The summed E-state index contributed by atoms with van der Waals surface area (Å²) in [4.78, 5) is 30.2. The molecule has 0 aromatic heterocycles. The molecule has 0 saturated carbocycles. The maximum Gasteiger partial charge on any atom is 0.162 e. The van der Waals surface area contributed by atoms with Gasteiger partial charge in [0.05, 0.1) is 11.1 Å². The van der Waals surface area contributed by atoms with Crippen molar-refractivity contribution in [3.8, 4) is 5.75 Å². The number of nitrogens with zero attached hydrogens (tertiary/aromatic N) is 1. The van der Waals surface area contributed by atoms with Crippen molar-refractivity contribution in [2.45, 2.75) is 85.8 Å². The van der Waals surface area contributed by atoms with E-state index in [4.69, 9.17) is 16.3 Å². The summed E-state index contributed by atoms with van der Waals surface area (Å²) in [5.41, 5.74) is 5.37. The molecule has 200 valence electrons. The number of halogens is 1. The molecule has 1 aliphatic heterocycles. The first-order valence-corrected chi connectivity index (χ1v) is 14.0. The number of benzene rings is 2. The SMILES string of the molecule is CC(C)Oc1ccc(C2C3=C(CC(C)(C)CC3=O)N(Cc3ccccc3)C3=C2C(=O)CC(C)(C)C3)cc1Cl. The molecule has 0 saturated heterocycles. The molecule has 1 heterocycles. The summed E-state index contributed by atoms with van der Waals surface area (Å²) in [6.07, 6.45) is 2.49. The highest BCUT2D eigenvalue weighted by atomic mass is 35.5. The molecule has 0 radical (unpaired) electrons.